The van der Waals surface area contributed by atoms with Gasteiger partial charge in [-0.05, 0) is 37.2 Å². The Labute approximate surface area is 169 Å². The zero-order valence-corrected chi connectivity index (χ0v) is 18.0. The quantitative estimate of drug-likeness (QED) is 0.522. The lowest BCUT2D eigenvalue weighted by Gasteiger charge is -2.35. The van der Waals surface area contributed by atoms with Crippen LogP contribution in [0.3, 0.4) is 0 Å². The molecule has 0 spiro atoms. The summed E-state index contributed by atoms with van der Waals surface area (Å²) in [6.07, 6.45) is 0. The van der Waals surface area contributed by atoms with Crippen molar-refractivity contribution in [2.24, 2.45) is 10.4 Å². The molecule has 1 fully saturated rings. The summed E-state index contributed by atoms with van der Waals surface area (Å²) in [6, 6.07) is 6.93. The predicted molar refractivity (Wildman–Crippen MR) is 113 cm³/mol. The molecule has 1 aliphatic heterocycles. The summed E-state index contributed by atoms with van der Waals surface area (Å²) in [7, 11) is 5.96. The van der Waals surface area contributed by atoms with E-state index in [0.717, 1.165) is 50.9 Å². The number of ether oxygens (including phenoxy) is 1. The molecule has 1 aliphatic rings. The van der Waals surface area contributed by atoms with Crippen molar-refractivity contribution < 1.29 is 9.13 Å². The second-order valence-electron chi connectivity index (χ2n) is 8.42. The van der Waals surface area contributed by atoms with Crippen LogP contribution < -0.4 is 10.6 Å². The highest BCUT2D eigenvalue weighted by atomic mass is 19.1. The molecule has 0 amide bonds. The van der Waals surface area contributed by atoms with Crippen LogP contribution in [0.1, 0.15) is 25.5 Å². The van der Waals surface area contributed by atoms with Crippen LogP contribution in [0.15, 0.2) is 29.3 Å². The molecule has 158 valence electrons. The van der Waals surface area contributed by atoms with Crippen molar-refractivity contribution >= 4 is 5.96 Å². The number of morpholine rings is 1. The fourth-order valence-corrected chi connectivity index (χ4v) is 3.68. The molecule has 0 saturated carbocycles. The van der Waals surface area contributed by atoms with E-state index in [-0.39, 0.29) is 17.3 Å². The third-order valence-corrected chi connectivity index (χ3v) is 4.91. The van der Waals surface area contributed by atoms with Gasteiger partial charge < -0.3 is 20.3 Å². The summed E-state index contributed by atoms with van der Waals surface area (Å²) in [6.45, 7) is 10.2. The van der Waals surface area contributed by atoms with Crippen molar-refractivity contribution in [3.8, 4) is 0 Å². The fraction of sp³-hybridized carbons (Fsp3) is 0.667. The molecule has 0 aromatic heterocycles. The van der Waals surface area contributed by atoms with E-state index in [0.29, 0.717) is 6.54 Å². The summed E-state index contributed by atoms with van der Waals surface area (Å²) in [5.74, 6) is 0.574. The van der Waals surface area contributed by atoms with Gasteiger partial charge >= 0.3 is 0 Å². The summed E-state index contributed by atoms with van der Waals surface area (Å²) in [5.41, 5.74) is 1.22. The van der Waals surface area contributed by atoms with Gasteiger partial charge in [0.2, 0.25) is 0 Å². The Morgan fingerprint density at radius 1 is 1.21 bits per heavy atom. The van der Waals surface area contributed by atoms with Gasteiger partial charge in [0.1, 0.15) is 5.82 Å². The van der Waals surface area contributed by atoms with E-state index in [9.17, 15) is 4.39 Å². The average Bonchev–Trinajstić information content (AvgIpc) is 2.65. The first-order valence-corrected chi connectivity index (χ1v) is 9.97. The van der Waals surface area contributed by atoms with Crippen LogP contribution in [0.2, 0.25) is 0 Å². The van der Waals surface area contributed by atoms with Crippen LogP contribution in [0.25, 0.3) is 0 Å². The average molecular weight is 394 g/mol. The van der Waals surface area contributed by atoms with Crippen molar-refractivity contribution in [1.29, 1.82) is 0 Å². The first kappa shape index (κ1) is 22.6. The Kier molecular flexibility index (Phi) is 8.66. The minimum Gasteiger partial charge on any atom is -0.379 e. The van der Waals surface area contributed by atoms with Crippen molar-refractivity contribution in [3.63, 3.8) is 0 Å². The van der Waals surface area contributed by atoms with Crippen molar-refractivity contribution in [1.82, 2.24) is 20.4 Å². The molecule has 6 nitrogen and oxygen atoms in total. The maximum Gasteiger partial charge on any atom is 0.191 e. The molecule has 1 atom stereocenters. The molecule has 28 heavy (non-hydrogen) atoms. The maximum atomic E-state index is 13.4. The van der Waals surface area contributed by atoms with Gasteiger partial charge in [0.05, 0.1) is 19.3 Å². The van der Waals surface area contributed by atoms with E-state index < -0.39 is 0 Å². The Bertz CT molecular complexity index is 612. The van der Waals surface area contributed by atoms with Crippen molar-refractivity contribution in [2.75, 3.05) is 67.1 Å². The number of benzene rings is 1. The second kappa shape index (κ2) is 10.7. The number of rotatable bonds is 8. The Balaban J connectivity index is 1.99. The predicted octanol–water partition coefficient (Wildman–Crippen LogP) is 1.95. The number of nitrogens with one attached hydrogen (secondary N) is 2. The number of halogens is 1. The normalized spacial score (nSPS) is 17.6. The standard InChI is InChI=1S/C21H36FN5O/c1-21(2,16-26(4)5)15-25-20(23-3)24-14-19(27-10-12-28-13-11-27)17-6-8-18(22)9-7-17/h6-9,19H,10-16H2,1-5H3,(H2,23,24,25). The lowest BCUT2D eigenvalue weighted by Crippen LogP contribution is -2.48. The van der Waals surface area contributed by atoms with Gasteiger partial charge in [0, 0.05) is 39.8 Å². The van der Waals surface area contributed by atoms with E-state index in [1.807, 2.05) is 12.1 Å². The van der Waals surface area contributed by atoms with Gasteiger partial charge in [-0.1, -0.05) is 26.0 Å². The third kappa shape index (κ3) is 7.37. The zero-order chi connectivity index (χ0) is 20.6. The largest absolute Gasteiger partial charge is 0.379 e. The third-order valence-electron chi connectivity index (χ3n) is 4.91. The molecule has 1 heterocycles. The van der Waals surface area contributed by atoms with Gasteiger partial charge in [0.15, 0.2) is 5.96 Å². The first-order chi connectivity index (χ1) is 13.3. The molecule has 1 aromatic rings. The summed E-state index contributed by atoms with van der Waals surface area (Å²) in [5, 5.41) is 6.90. The lowest BCUT2D eigenvalue weighted by atomic mass is 9.93. The topological polar surface area (TPSA) is 52.1 Å². The molecule has 1 unspecified atom stereocenters. The summed E-state index contributed by atoms with van der Waals surface area (Å²) in [4.78, 5) is 8.95. The number of nitrogens with zero attached hydrogens (tertiary/aromatic N) is 3. The molecular weight excluding hydrogens is 357 g/mol. The molecule has 1 saturated heterocycles. The van der Waals surface area contributed by atoms with Gasteiger partial charge in [-0.15, -0.1) is 0 Å². The molecule has 7 heteroatoms. The molecule has 2 N–H and O–H groups in total. The minimum atomic E-state index is -0.210. The maximum absolute atomic E-state index is 13.4. The van der Waals surface area contributed by atoms with Crippen LogP contribution in [0.5, 0.6) is 0 Å². The van der Waals surface area contributed by atoms with Gasteiger partial charge in [0.25, 0.3) is 0 Å². The Morgan fingerprint density at radius 3 is 2.43 bits per heavy atom. The summed E-state index contributed by atoms with van der Waals surface area (Å²) >= 11 is 0. The van der Waals surface area contributed by atoms with E-state index in [2.05, 4.69) is 53.4 Å². The molecule has 1 aromatic carbocycles. The Morgan fingerprint density at radius 2 is 1.86 bits per heavy atom. The number of hydrogen-bond donors (Lipinski definition) is 2. The highest BCUT2D eigenvalue weighted by Gasteiger charge is 2.24. The smallest absolute Gasteiger partial charge is 0.191 e. The van der Waals surface area contributed by atoms with Crippen molar-refractivity contribution in [2.45, 2.75) is 19.9 Å². The minimum absolute atomic E-state index is 0.127. The van der Waals surface area contributed by atoms with E-state index in [1.54, 1.807) is 7.05 Å². The molecule has 0 aliphatic carbocycles. The lowest BCUT2D eigenvalue weighted by molar-refractivity contribution is 0.0169. The Hall–Kier alpha value is -1.70. The zero-order valence-electron chi connectivity index (χ0n) is 18.0. The van der Waals surface area contributed by atoms with Gasteiger partial charge in [-0.2, -0.15) is 0 Å². The fourth-order valence-electron chi connectivity index (χ4n) is 3.68. The number of guanidine groups is 1. The molecular formula is C21H36FN5O. The van der Waals surface area contributed by atoms with Gasteiger partial charge in [-0.3, -0.25) is 9.89 Å². The first-order valence-electron chi connectivity index (χ1n) is 9.97. The highest BCUT2D eigenvalue weighted by Crippen LogP contribution is 2.21. The van der Waals surface area contributed by atoms with E-state index in [4.69, 9.17) is 4.74 Å². The van der Waals surface area contributed by atoms with Crippen LogP contribution in [0.4, 0.5) is 4.39 Å². The number of aliphatic imine (C=N–C) groups is 1. The van der Waals surface area contributed by atoms with E-state index >= 15 is 0 Å². The van der Waals surface area contributed by atoms with Crippen LogP contribution >= 0.6 is 0 Å². The summed E-state index contributed by atoms with van der Waals surface area (Å²) < 4.78 is 18.9. The van der Waals surface area contributed by atoms with E-state index in [1.165, 1.54) is 12.1 Å². The molecule has 0 radical (unpaired) electrons. The molecule has 2 rings (SSSR count). The van der Waals surface area contributed by atoms with Crippen LogP contribution in [-0.2, 0) is 4.74 Å². The highest BCUT2D eigenvalue weighted by molar-refractivity contribution is 5.79. The monoisotopic (exact) mass is 393 g/mol. The SMILES string of the molecule is CN=C(NCC(c1ccc(F)cc1)N1CCOCC1)NCC(C)(C)CN(C)C. The second-order valence-corrected chi connectivity index (χ2v) is 8.42. The van der Waals surface area contributed by atoms with Crippen LogP contribution in [0, 0.1) is 11.2 Å². The number of hydrogen-bond acceptors (Lipinski definition) is 4. The van der Waals surface area contributed by atoms with Crippen molar-refractivity contribution in [3.05, 3.63) is 35.6 Å². The molecule has 0 bridgehead atoms. The van der Waals surface area contributed by atoms with Gasteiger partial charge in [-0.25, -0.2) is 4.39 Å². The van der Waals surface area contributed by atoms with Crippen LogP contribution in [-0.4, -0.2) is 82.8 Å².